The van der Waals surface area contributed by atoms with Crippen LogP contribution in [0, 0.1) is 0 Å². The predicted molar refractivity (Wildman–Crippen MR) is 64.0 cm³/mol. The van der Waals surface area contributed by atoms with Crippen molar-refractivity contribution in [2.75, 3.05) is 0 Å². The number of ether oxygens (including phenoxy) is 1. The molecule has 1 aromatic carbocycles. The minimum Gasteiger partial charge on any atom is -0.487 e. The van der Waals surface area contributed by atoms with Crippen LogP contribution in [0.25, 0.3) is 0 Å². The molecule has 94 valence electrons. The summed E-state index contributed by atoms with van der Waals surface area (Å²) >= 11 is 0. The third-order valence-electron chi connectivity index (χ3n) is 2.60. The molecule has 0 aliphatic carbocycles. The summed E-state index contributed by atoms with van der Waals surface area (Å²) in [4.78, 5) is 10.7. The largest absolute Gasteiger partial charge is 0.487 e. The first kappa shape index (κ1) is 13.5. The molecule has 0 spiro atoms. The van der Waals surface area contributed by atoms with Crippen molar-refractivity contribution in [3.63, 3.8) is 0 Å². The number of carboxylic acid groups (broad SMARTS) is 1. The standard InChI is InChI=1S/C13H18O4/c1-3-11(13(2,16)9-12(14)15)17-10-7-5-4-6-8-10/h4-8,11,16H,3,9H2,1-2H3,(H,14,15). The summed E-state index contributed by atoms with van der Waals surface area (Å²) in [6, 6.07) is 9.07. The van der Waals surface area contributed by atoms with Gasteiger partial charge in [-0.2, -0.15) is 0 Å². The summed E-state index contributed by atoms with van der Waals surface area (Å²) in [5.41, 5.74) is -1.38. The molecular weight excluding hydrogens is 220 g/mol. The molecule has 2 N–H and O–H groups in total. The first-order valence-corrected chi connectivity index (χ1v) is 5.61. The Balaban J connectivity index is 2.74. The zero-order valence-electron chi connectivity index (χ0n) is 10.1. The molecule has 0 radical (unpaired) electrons. The SMILES string of the molecule is CCC(Oc1ccccc1)C(C)(O)CC(=O)O. The van der Waals surface area contributed by atoms with Crippen LogP contribution in [-0.4, -0.2) is 27.9 Å². The van der Waals surface area contributed by atoms with Gasteiger partial charge in [-0.1, -0.05) is 25.1 Å². The fraction of sp³-hybridized carbons (Fsp3) is 0.462. The van der Waals surface area contributed by atoms with Crippen LogP contribution in [0.2, 0.25) is 0 Å². The summed E-state index contributed by atoms with van der Waals surface area (Å²) in [7, 11) is 0. The lowest BCUT2D eigenvalue weighted by molar-refractivity contribution is -0.146. The molecule has 0 aromatic heterocycles. The Morgan fingerprint density at radius 1 is 1.41 bits per heavy atom. The number of carbonyl (C=O) groups is 1. The fourth-order valence-electron chi connectivity index (χ4n) is 1.73. The van der Waals surface area contributed by atoms with Crippen LogP contribution in [0.15, 0.2) is 30.3 Å². The van der Waals surface area contributed by atoms with Gasteiger partial charge < -0.3 is 14.9 Å². The van der Waals surface area contributed by atoms with E-state index < -0.39 is 17.7 Å². The van der Waals surface area contributed by atoms with Gasteiger partial charge in [0.25, 0.3) is 0 Å². The molecular formula is C13H18O4. The van der Waals surface area contributed by atoms with Crippen molar-refractivity contribution < 1.29 is 19.7 Å². The molecule has 0 saturated heterocycles. The first-order valence-electron chi connectivity index (χ1n) is 5.61. The van der Waals surface area contributed by atoms with Crippen molar-refractivity contribution in [1.29, 1.82) is 0 Å². The van der Waals surface area contributed by atoms with E-state index in [0.717, 1.165) is 0 Å². The second kappa shape index (κ2) is 5.68. The average molecular weight is 238 g/mol. The maximum atomic E-state index is 10.7. The zero-order chi connectivity index (χ0) is 12.9. The van der Waals surface area contributed by atoms with E-state index in [2.05, 4.69) is 0 Å². The van der Waals surface area contributed by atoms with Gasteiger partial charge in [-0.3, -0.25) is 4.79 Å². The highest BCUT2D eigenvalue weighted by atomic mass is 16.5. The molecule has 2 atom stereocenters. The average Bonchev–Trinajstić information content (AvgIpc) is 2.25. The van der Waals surface area contributed by atoms with Gasteiger partial charge in [-0.05, 0) is 25.5 Å². The van der Waals surface area contributed by atoms with Crippen LogP contribution in [0.4, 0.5) is 0 Å². The number of aliphatic hydroxyl groups is 1. The van der Waals surface area contributed by atoms with E-state index in [1.54, 1.807) is 12.1 Å². The van der Waals surface area contributed by atoms with E-state index in [1.807, 2.05) is 25.1 Å². The van der Waals surface area contributed by atoms with Crippen LogP contribution in [0.5, 0.6) is 5.75 Å². The molecule has 0 amide bonds. The molecule has 0 aliphatic heterocycles. The van der Waals surface area contributed by atoms with Crippen LogP contribution < -0.4 is 4.74 Å². The number of hydrogen-bond donors (Lipinski definition) is 2. The van der Waals surface area contributed by atoms with E-state index in [4.69, 9.17) is 9.84 Å². The van der Waals surface area contributed by atoms with Gasteiger partial charge in [0.1, 0.15) is 17.5 Å². The van der Waals surface area contributed by atoms with Crippen molar-refractivity contribution in [2.45, 2.75) is 38.4 Å². The van der Waals surface area contributed by atoms with Gasteiger partial charge >= 0.3 is 5.97 Å². The Hall–Kier alpha value is -1.55. The lowest BCUT2D eigenvalue weighted by atomic mass is 9.93. The second-order valence-electron chi connectivity index (χ2n) is 4.26. The van der Waals surface area contributed by atoms with Gasteiger partial charge in [-0.15, -0.1) is 0 Å². The van der Waals surface area contributed by atoms with E-state index in [9.17, 15) is 9.90 Å². The number of benzene rings is 1. The second-order valence-corrected chi connectivity index (χ2v) is 4.26. The molecule has 0 aliphatic rings. The number of para-hydroxylation sites is 1. The molecule has 4 nitrogen and oxygen atoms in total. The third-order valence-corrected chi connectivity index (χ3v) is 2.60. The number of rotatable bonds is 6. The molecule has 0 fully saturated rings. The van der Waals surface area contributed by atoms with Crippen molar-refractivity contribution in [3.05, 3.63) is 30.3 Å². The highest BCUT2D eigenvalue weighted by Crippen LogP contribution is 2.23. The molecule has 0 heterocycles. The molecule has 0 saturated carbocycles. The lowest BCUT2D eigenvalue weighted by Gasteiger charge is -2.31. The van der Waals surface area contributed by atoms with Crippen LogP contribution in [0.3, 0.4) is 0 Å². The molecule has 4 heteroatoms. The van der Waals surface area contributed by atoms with Crippen LogP contribution in [-0.2, 0) is 4.79 Å². The third kappa shape index (κ3) is 4.07. The van der Waals surface area contributed by atoms with Crippen molar-refractivity contribution in [2.24, 2.45) is 0 Å². The smallest absolute Gasteiger partial charge is 0.306 e. The maximum Gasteiger partial charge on any atom is 0.306 e. The normalized spacial score (nSPS) is 15.9. The first-order chi connectivity index (χ1) is 7.95. The van der Waals surface area contributed by atoms with Gasteiger partial charge in [0.05, 0.1) is 6.42 Å². The fourth-order valence-corrected chi connectivity index (χ4v) is 1.73. The summed E-state index contributed by atoms with van der Waals surface area (Å²) in [6.07, 6.45) is -0.339. The summed E-state index contributed by atoms with van der Waals surface area (Å²) in [5.74, 6) is -0.407. The minimum atomic E-state index is -1.38. The van der Waals surface area contributed by atoms with E-state index >= 15 is 0 Å². The predicted octanol–water partition coefficient (Wildman–Crippen LogP) is 2.07. The molecule has 17 heavy (non-hydrogen) atoms. The molecule has 0 bridgehead atoms. The Morgan fingerprint density at radius 3 is 2.47 bits per heavy atom. The molecule has 2 unspecified atom stereocenters. The Labute approximate surface area is 101 Å². The van der Waals surface area contributed by atoms with E-state index in [-0.39, 0.29) is 6.42 Å². The zero-order valence-corrected chi connectivity index (χ0v) is 10.1. The monoisotopic (exact) mass is 238 g/mol. The van der Waals surface area contributed by atoms with E-state index in [0.29, 0.717) is 12.2 Å². The quantitative estimate of drug-likeness (QED) is 0.796. The summed E-state index contributed by atoms with van der Waals surface area (Å²) in [5, 5.41) is 18.8. The van der Waals surface area contributed by atoms with Gasteiger partial charge in [0.15, 0.2) is 0 Å². The van der Waals surface area contributed by atoms with Gasteiger partial charge in [0.2, 0.25) is 0 Å². The molecule has 1 rings (SSSR count). The number of carboxylic acids is 1. The highest BCUT2D eigenvalue weighted by Gasteiger charge is 2.34. The van der Waals surface area contributed by atoms with Gasteiger partial charge in [-0.25, -0.2) is 0 Å². The van der Waals surface area contributed by atoms with Crippen LogP contribution >= 0.6 is 0 Å². The summed E-state index contributed by atoms with van der Waals surface area (Å²) in [6.45, 7) is 3.34. The lowest BCUT2D eigenvalue weighted by Crippen LogP contribution is -2.44. The summed E-state index contributed by atoms with van der Waals surface area (Å²) < 4.78 is 5.62. The molecule has 1 aromatic rings. The van der Waals surface area contributed by atoms with Gasteiger partial charge in [0, 0.05) is 0 Å². The van der Waals surface area contributed by atoms with Crippen molar-refractivity contribution >= 4 is 5.97 Å². The number of aliphatic carboxylic acids is 1. The number of hydrogen-bond acceptors (Lipinski definition) is 3. The van der Waals surface area contributed by atoms with Crippen LogP contribution in [0.1, 0.15) is 26.7 Å². The van der Waals surface area contributed by atoms with Crippen molar-refractivity contribution in [1.82, 2.24) is 0 Å². The maximum absolute atomic E-state index is 10.7. The topological polar surface area (TPSA) is 66.8 Å². The highest BCUT2D eigenvalue weighted by molar-refractivity contribution is 5.68. The van der Waals surface area contributed by atoms with E-state index in [1.165, 1.54) is 6.92 Å². The Bertz CT molecular complexity index is 359. The minimum absolute atomic E-state index is 0.335. The Morgan fingerprint density at radius 2 is 2.00 bits per heavy atom. The Kier molecular flexibility index (Phi) is 4.52. The van der Waals surface area contributed by atoms with Crippen molar-refractivity contribution in [3.8, 4) is 5.75 Å².